The first-order chi connectivity index (χ1) is 9.95. The van der Waals surface area contributed by atoms with Crippen molar-refractivity contribution in [3.8, 4) is 5.75 Å². The molecule has 0 bridgehead atoms. The molecule has 0 saturated carbocycles. The summed E-state index contributed by atoms with van der Waals surface area (Å²) in [6.07, 6.45) is 0.908. The predicted molar refractivity (Wildman–Crippen MR) is 84.3 cm³/mol. The highest BCUT2D eigenvalue weighted by molar-refractivity contribution is 5.83. The number of aromatic nitrogens is 1. The molecule has 0 atom stereocenters. The highest BCUT2D eigenvalue weighted by Gasteiger charge is 2.06. The van der Waals surface area contributed by atoms with Gasteiger partial charge in [0.05, 0.1) is 12.1 Å². The molecule has 0 unspecified atom stereocenters. The number of primary amides is 1. The third kappa shape index (κ3) is 4.18. The number of nitrogens with two attached hydrogens (primary N) is 1. The van der Waals surface area contributed by atoms with Crippen molar-refractivity contribution in [1.82, 2.24) is 4.98 Å². The van der Waals surface area contributed by atoms with Crippen LogP contribution in [0.3, 0.4) is 0 Å². The molecular formula is C17H22N2O2. The lowest BCUT2D eigenvalue weighted by molar-refractivity contribution is -0.118. The van der Waals surface area contributed by atoms with E-state index >= 15 is 0 Å². The van der Waals surface area contributed by atoms with Crippen LogP contribution in [-0.2, 0) is 11.2 Å². The van der Waals surface area contributed by atoms with Crippen LogP contribution in [0.4, 0.5) is 0 Å². The van der Waals surface area contributed by atoms with E-state index in [1.165, 1.54) is 0 Å². The molecule has 4 heteroatoms. The van der Waals surface area contributed by atoms with Gasteiger partial charge >= 0.3 is 0 Å². The number of fused-ring (bicyclic) bond motifs is 1. The molecule has 0 fully saturated rings. The number of benzene rings is 1. The zero-order chi connectivity index (χ0) is 15.4. The summed E-state index contributed by atoms with van der Waals surface area (Å²) in [5.74, 6) is 1.06. The third-order valence-electron chi connectivity index (χ3n) is 3.25. The average molecular weight is 286 g/mol. The fourth-order valence-corrected chi connectivity index (χ4v) is 2.18. The Morgan fingerprint density at radius 1 is 1.33 bits per heavy atom. The minimum Gasteiger partial charge on any atom is -0.493 e. The van der Waals surface area contributed by atoms with Crippen molar-refractivity contribution < 1.29 is 9.53 Å². The molecule has 1 aromatic carbocycles. The minimum atomic E-state index is -0.299. The van der Waals surface area contributed by atoms with Crippen molar-refractivity contribution in [2.45, 2.75) is 33.6 Å². The summed E-state index contributed by atoms with van der Waals surface area (Å²) in [4.78, 5) is 15.5. The summed E-state index contributed by atoms with van der Waals surface area (Å²) < 4.78 is 5.75. The maximum Gasteiger partial charge on any atom is 0.217 e. The second kappa shape index (κ2) is 6.57. The van der Waals surface area contributed by atoms with E-state index in [0.717, 1.165) is 27.9 Å². The first-order valence-corrected chi connectivity index (χ1v) is 7.27. The van der Waals surface area contributed by atoms with E-state index in [9.17, 15) is 4.79 Å². The van der Waals surface area contributed by atoms with Crippen LogP contribution in [0.25, 0.3) is 10.9 Å². The Morgan fingerprint density at radius 2 is 2.10 bits per heavy atom. The van der Waals surface area contributed by atoms with Gasteiger partial charge in [-0.25, -0.2) is 0 Å². The van der Waals surface area contributed by atoms with Crippen LogP contribution >= 0.6 is 0 Å². The van der Waals surface area contributed by atoms with Gasteiger partial charge in [-0.3, -0.25) is 9.78 Å². The van der Waals surface area contributed by atoms with Crippen molar-refractivity contribution in [3.63, 3.8) is 0 Å². The molecule has 4 nitrogen and oxygen atoms in total. The standard InChI is InChI=1S/C17H22N2O2/c1-11(2)10-21-14-5-6-16-15(9-14)12(3)8-13(19-16)4-7-17(18)20/h5-6,8-9,11H,4,7,10H2,1-3H3,(H2,18,20). The number of rotatable bonds is 6. The molecule has 1 aromatic heterocycles. The molecule has 0 aliphatic heterocycles. The van der Waals surface area contributed by atoms with Gasteiger partial charge in [0.25, 0.3) is 0 Å². The third-order valence-corrected chi connectivity index (χ3v) is 3.25. The summed E-state index contributed by atoms with van der Waals surface area (Å²) in [5, 5.41) is 1.08. The Hall–Kier alpha value is -2.10. The van der Waals surface area contributed by atoms with E-state index in [1.807, 2.05) is 31.2 Å². The monoisotopic (exact) mass is 286 g/mol. The molecule has 112 valence electrons. The molecule has 0 radical (unpaired) electrons. The van der Waals surface area contributed by atoms with Crippen LogP contribution in [0.15, 0.2) is 24.3 Å². The molecule has 1 heterocycles. The maximum absolute atomic E-state index is 10.9. The van der Waals surface area contributed by atoms with Gasteiger partial charge in [0, 0.05) is 17.5 Å². The van der Waals surface area contributed by atoms with Gasteiger partial charge in [-0.15, -0.1) is 0 Å². The average Bonchev–Trinajstić information content (AvgIpc) is 2.43. The Bertz CT molecular complexity index is 651. The molecule has 1 amide bonds. The van der Waals surface area contributed by atoms with E-state index in [2.05, 4.69) is 18.8 Å². The zero-order valence-electron chi connectivity index (χ0n) is 12.8. The van der Waals surface area contributed by atoms with Crippen LogP contribution < -0.4 is 10.5 Å². The SMILES string of the molecule is Cc1cc(CCC(N)=O)nc2ccc(OCC(C)C)cc12. The van der Waals surface area contributed by atoms with E-state index < -0.39 is 0 Å². The van der Waals surface area contributed by atoms with Gasteiger partial charge in [-0.05, 0) is 49.1 Å². The number of hydrogen-bond acceptors (Lipinski definition) is 3. The molecular weight excluding hydrogens is 264 g/mol. The number of carbonyl (C=O) groups excluding carboxylic acids is 1. The summed E-state index contributed by atoms with van der Waals surface area (Å²) in [5.41, 5.74) is 8.14. The van der Waals surface area contributed by atoms with Crippen molar-refractivity contribution in [2.75, 3.05) is 6.61 Å². The topological polar surface area (TPSA) is 65.2 Å². The van der Waals surface area contributed by atoms with E-state index in [-0.39, 0.29) is 5.91 Å². The van der Waals surface area contributed by atoms with Crippen molar-refractivity contribution in [3.05, 3.63) is 35.5 Å². The molecule has 0 spiro atoms. The fourth-order valence-electron chi connectivity index (χ4n) is 2.18. The Balaban J connectivity index is 2.25. The number of ether oxygens (including phenoxy) is 1. The lowest BCUT2D eigenvalue weighted by Gasteiger charge is -2.11. The van der Waals surface area contributed by atoms with Gasteiger partial charge in [0.1, 0.15) is 5.75 Å². The van der Waals surface area contributed by atoms with Crippen molar-refractivity contribution in [1.29, 1.82) is 0 Å². The van der Waals surface area contributed by atoms with Crippen molar-refractivity contribution >= 4 is 16.8 Å². The molecule has 0 aliphatic rings. The molecule has 2 N–H and O–H groups in total. The molecule has 21 heavy (non-hydrogen) atoms. The van der Waals surface area contributed by atoms with E-state index in [4.69, 9.17) is 10.5 Å². The normalized spacial score (nSPS) is 11.0. The van der Waals surface area contributed by atoms with Crippen LogP contribution in [0.2, 0.25) is 0 Å². The largest absolute Gasteiger partial charge is 0.493 e. The van der Waals surface area contributed by atoms with Gasteiger partial charge in [0.2, 0.25) is 5.91 Å². The van der Waals surface area contributed by atoms with Crippen LogP contribution in [-0.4, -0.2) is 17.5 Å². The molecule has 2 rings (SSSR count). The minimum absolute atomic E-state index is 0.299. The van der Waals surface area contributed by atoms with Crippen LogP contribution in [0, 0.1) is 12.8 Å². The number of pyridine rings is 1. The second-order valence-electron chi connectivity index (χ2n) is 5.78. The Morgan fingerprint density at radius 3 is 2.76 bits per heavy atom. The summed E-state index contributed by atoms with van der Waals surface area (Å²) in [6, 6.07) is 7.94. The number of carbonyl (C=O) groups is 1. The maximum atomic E-state index is 10.9. The van der Waals surface area contributed by atoms with E-state index in [0.29, 0.717) is 25.4 Å². The second-order valence-corrected chi connectivity index (χ2v) is 5.78. The van der Waals surface area contributed by atoms with Gasteiger partial charge in [-0.1, -0.05) is 13.8 Å². The molecule has 2 aromatic rings. The number of amides is 1. The highest BCUT2D eigenvalue weighted by atomic mass is 16.5. The Kier molecular flexibility index (Phi) is 4.78. The fraction of sp³-hybridized carbons (Fsp3) is 0.412. The first-order valence-electron chi connectivity index (χ1n) is 7.27. The van der Waals surface area contributed by atoms with Gasteiger partial charge < -0.3 is 10.5 Å². The highest BCUT2D eigenvalue weighted by Crippen LogP contribution is 2.24. The summed E-state index contributed by atoms with van der Waals surface area (Å²) >= 11 is 0. The predicted octanol–water partition coefficient (Wildman–Crippen LogP) is 3.00. The lowest BCUT2D eigenvalue weighted by atomic mass is 10.1. The summed E-state index contributed by atoms with van der Waals surface area (Å²) in [7, 11) is 0. The molecule has 0 saturated heterocycles. The molecule has 0 aliphatic carbocycles. The smallest absolute Gasteiger partial charge is 0.217 e. The number of aryl methyl sites for hydroxylation is 2. The number of nitrogens with zero attached hydrogens (tertiary/aromatic N) is 1. The lowest BCUT2D eigenvalue weighted by Crippen LogP contribution is -2.11. The summed E-state index contributed by atoms with van der Waals surface area (Å²) in [6.45, 7) is 7.00. The van der Waals surface area contributed by atoms with Gasteiger partial charge in [-0.2, -0.15) is 0 Å². The first kappa shape index (κ1) is 15.3. The Labute approximate surface area is 125 Å². The van der Waals surface area contributed by atoms with Crippen LogP contribution in [0.1, 0.15) is 31.5 Å². The van der Waals surface area contributed by atoms with Crippen LogP contribution in [0.5, 0.6) is 5.75 Å². The van der Waals surface area contributed by atoms with Crippen molar-refractivity contribution in [2.24, 2.45) is 11.7 Å². The van der Waals surface area contributed by atoms with E-state index in [1.54, 1.807) is 0 Å². The van der Waals surface area contributed by atoms with Gasteiger partial charge in [0.15, 0.2) is 0 Å². The number of hydrogen-bond donors (Lipinski definition) is 1. The quantitative estimate of drug-likeness (QED) is 0.887. The zero-order valence-corrected chi connectivity index (χ0v) is 12.8.